The Labute approximate surface area is 456 Å². The fourth-order valence-corrected chi connectivity index (χ4v) is 17.0. The molecular formula is C78H52. The Balaban J connectivity index is 0.784. The smallest absolute Gasteiger partial charge is 0.0619 e. The molecule has 6 aliphatic rings. The summed E-state index contributed by atoms with van der Waals surface area (Å²) in [7, 11) is 0. The van der Waals surface area contributed by atoms with Crippen molar-refractivity contribution in [3.8, 4) is 89.0 Å². The van der Waals surface area contributed by atoms with Gasteiger partial charge in [-0.15, -0.1) is 0 Å². The lowest BCUT2D eigenvalue weighted by atomic mass is 9.70. The molecule has 364 valence electrons. The van der Waals surface area contributed by atoms with E-state index < -0.39 is 0 Å². The highest BCUT2D eigenvalue weighted by atomic mass is 14.6. The molecule has 0 unspecified atom stereocenters. The van der Waals surface area contributed by atoms with Crippen molar-refractivity contribution < 1.29 is 0 Å². The number of hydrogen-bond donors (Lipinski definition) is 0. The molecule has 0 aromatic heterocycles. The summed E-state index contributed by atoms with van der Waals surface area (Å²) in [5, 5.41) is 2.69. The summed E-state index contributed by atoms with van der Waals surface area (Å²) >= 11 is 0. The molecule has 0 heteroatoms. The summed E-state index contributed by atoms with van der Waals surface area (Å²) in [6.07, 6.45) is 0. The highest BCUT2D eigenvalue weighted by Crippen LogP contribution is 2.67. The van der Waals surface area contributed by atoms with Crippen LogP contribution in [-0.2, 0) is 21.7 Å². The molecule has 0 nitrogen and oxygen atoms in total. The molecule has 78 heavy (non-hydrogen) atoms. The third kappa shape index (κ3) is 4.88. The van der Waals surface area contributed by atoms with Gasteiger partial charge in [-0.2, -0.15) is 0 Å². The zero-order chi connectivity index (χ0) is 51.6. The molecular weight excluding hydrogens is 937 g/mol. The van der Waals surface area contributed by atoms with Gasteiger partial charge >= 0.3 is 0 Å². The lowest BCUT2D eigenvalue weighted by Crippen LogP contribution is -2.25. The number of hydrogen-bond acceptors (Lipinski definition) is 0. The first-order valence-electron chi connectivity index (χ1n) is 28.0. The van der Waals surface area contributed by atoms with Crippen LogP contribution >= 0.6 is 0 Å². The lowest BCUT2D eigenvalue weighted by Gasteiger charge is -2.32. The molecule has 12 aromatic rings. The monoisotopic (exact) mass is 988 g/mol. The van der Waals surface area contributed by atoms with E-state index in [4.69, 9.17) is 0 Å². The molecule has 6 aliphatic carbocycles. The van der Waals surface area contributed by atoms with Crippen molar-refractivity contribution in [2.24, 2.45) is 0 Å². The molecule has 0 bridgehead atoms. The minimum Gasteiger partial charge on any atom is -0.0619 e. The van der Waals surface area contributed by atoms with Gasteiger partial charge in [-0.3, -0.25) is 0 Å². The fourth-order valence-electron chi connectivity index (χ4n) is 17.0. The topological polar surface area (TPSA) is 0 Å². The first-order chi connectivity index (χ1) is 38.2. The molecule has 0 radical (unpaired) electrons. The maximum atomic E-state index is 2.55. The van der Waals surface area contributed by atoms with Crippen LogP contribution in [0.3, 0.4) is 0 Å². The number of fused-ring (bicyclic) bond motifs is 30. The Kier molecular flexibility index (Phi) is 7.99. The van der Waals surface area contributed by atoms with Gasteiger partial charge < -0.3 is 0 Å². The van der Waals surface area contributed by atoms with Crippen LogP contribution in [0, 0.1) is 0 Å². The number of rotatable bonds is 2. The molecule has 0 saturated heterocycles. The average molecular weight is 989 g/mol. The highest BCUT2D eigenvalue weighted by molar-refractivity contribution is 6.13. The molecule has 0 N–H and O–H groups in total. The zero-order valence-electron chi connectivity index (χ0n) is 44.1. The third-order valence-corrected chi connectivity index (χ3v) is 20.1. The SMILES string of the molecule is CC1(C)c2cc(-c3ccc4c(c3)C3(c5ccccc5-c5ccccc53)c3ccccc3-4)ccc2-c2c1c1c(c3ccccc23)-c2ccc(-c3ccc4c(c3)C3(c5ccccc5-c5ccccc53)c3ccccc3-4)cc2C1(C)C. The molecule has 18 rings (SSSR count). The molecule has 0 amide bonds. The van der Waals surface area contributed by atoms with E-state index >= 15 is 0 Å². The summed E-state index contributed by atoms with van der Waals surface area (Å²) in [4.78, 5) is 0. The summed E-state index contributed by atoms with van der Waals surface area (Å²) in [6.45, 7) is 10.00. The maximum absolute atomic E-state index is 2.55. The highest BCUT2D eigenvalue weighted by Gasteiger charge is 2.54. The van der Waals surface area contributed by atoms with E-state index in [9.17, 15) is 0 Å². The summed E-state index contributed by atoms with van der Waals surface area (Å²) in [5.74, 6) is 0. The maximum Gasteiger partial charge on any atom is 0.0725 e. The largest absolute Gasteiger partial charge is 0.0725 e. The predicted molar refractivity (Wildman–Crippen MR) is 323 cm³/mol. The Morgan fingerprint density at radius 2 is 0.436 bits per heavy atom. The van der Waals surface area contributed by atoms with Gasteiger partial charge in [0.15, 0.2) is 0 Å². The second-order valence-corrected chi connectivity index (χ2v) is 24.1. The van der Waals surface area contributed by atoms with E-state index in [1.807, 2.05) is 0 Å². The molecule has 0 heterocycles. The Morgan fingerprint density at radius 3 is 0.731 bits per heavy atom. The Bertz CT molecular complexity index is 4310. The summed E-state index contributed by atoms with van der Waals surface area (Å²) < 4.78 is 0. The normalized spacial score (nSPS) is 16.1. The molecule has 0 aliphatic heterocycles. The minimum atomic E-state index is -0.385. The van der Waals surface area contributed by atoms with Crippen LogP contribution in [-0.4, -0.2) is 0 Å². The van der Waals surface area contributed by atoms with Crippen LogP contribution in [0.25, 0.3) is 99.8 Å². The van der Waals surface area contributed by atoms with E-state index in [2.05, 4.69) is 270 Å². The van der Waals surface area contributed by atoms with Crippen LogP contribution in [0.5, 0.6) is 0 Å². The molecule has 0 atom stereocenters. The molecule has 2 spiro atoms. The van der Waals surface area contributed by atoms with Gasteiger partial charge in [0.1, 0.15) is 0 Å². The van der Waals surface area contributed by atoms with Crippen molar-refractivity contribution in [2.75, 3.05) is 0 Å². The Morgan fingerprint density at radius 1 is 0.205 bits per heavy atom. The van der Waals surface area contributed by atoms with Crippen LogP contribution in [0.1, 0.15) is 94.5 Å². The van der Waals surface area contributed by atoms with Gasteiger partial charge in [0.25, 0.3) is 0 Å². The predicted octanol–water partition coefficient (Wildman–Crippen LogP) is 19.5. The minimum absolute atomic E-state index is 0.272. The van der Waals surface area contributed by atoms with Crippen molar-refractivity contribution in [2.45, 2.75) is 49.4 Å². The first-order valence-corrected chi connectivity index (χ1v) is 28.0. The first kappa shape index (κ1) is 43.0. The van der Waals surface area contributed by atoms with Gasteiger partial charge in [-0.05, 0) is 191 Å². The quantitative estimate of drug-likeness (QED) is 0.162. The summed E-state index contributed by atoms with van der Waals surface area (Å²) in [5.41, 5.74) is 36.7. The van der Waals surface area contributed by atoms with Gasteiger partial charge in [0.05, 0.1) is 10.8 Å². The van der Waals surface area contributed by atoms with Crippen molar-refractivity contribution in [3.05, 3.63) is 309 Å². The zero-order valence-corrected chi connectivity index (χ0v) is 44.1. The fraction of sp³-hybridized carbons (Fsp3) is 0.103. The molecule has 12 aromatic carbocycles. The summed E-state index contributed by atoms with van der Waals surface area (Å²) in [6, 6.07) is 93.6. The van der Waals surface area contributed by atoms with Gasteiger partial charge in [-0.1, -0.05) is 246 Å². The van der Waals surface area contributed by atoms with E-state index in [0.717, 1.165) is 0 Å². The molecule has 0 fully saturated rings. The Hall–Kier alpha value is -9.10. The van der Waals surface area contributed by atoms with E-state index in [0.29, 0.717) is 0 Å². The van der Waals surface area contributed by atoms with E-state index in [1.165, 1.54) is 167 Å². The van der Waals surface area contributed by atoms with Gasteiger partial charge in [0, 0.05) is 10.8 Å². The van der Waals surface area contributed by atoms with Gasteiger partial charge in [0.2, 0.25) is 0 Å². The molecule has 0 saturated carbocycles. The van der Waals surface area contributed by atoms with Crippen molar-refractivity contribution in [1.29, 1.82) is 0 Å². The third-order valence-electron chi connectivity index (χ3n) is 20.1. The van der Waals surface area contributed by atoms with Crippen LogP contribution < -0.4 is 0 Å². The average Bonchev–Trinajstić information content (AvgIpc) is 3.90. The van der Waals surface area contributed by atoms with Crippen molar-refractivity contribution in [1.82, 2.24) is 0 Å². The number of benzene rings is 12. The second-order valence-electron chi connectivity index (χ2n) is 24.1. The van der Waals surface area contributed by atoms with E-state index in [-0.39, 0.29) is 21.7 Å². The van der Waals surface area contributed by atoms with Crippen LogP contribution in [0.2, 0.25) is 0 Å². The van der Waals surface area contributed by atoms with Crippen molar-refractivity contribution >= 4 is 10.8 Å². The van der Waals surface area contributed by atoms with Crippen molar-refractivity contribution in [3.63, 3.8) is 0 Å². The van der Waals surface area contributed by atoms with Crippen LogP contribution in [0.15, 0.2) is 243 Å². The van der Waals surface area contributed by atoms with E-state index in [1.54, 1.807) is 0 Å². The lowest BCUT2D eigenvalue weighted by molar-refractivity contribution is 0.602. The van der Waals surface area contributed by atoms with Crippen LogP contribution in [0.4, 0.5) is 0 Å². The second kappa shape index (κ2) is 14.5. The van der Waals surface area contributed by atoms with Gasteiger partial charge in [-0.25, -0.2) is 0 Å². The standard InChI is InChI=1S/C78H52/c1-75(2)67-41-45(47-33-37-55-53-23-11-17-31-65(53)77(69(55)43-47)61-27-13-7-19-49(61)50-20-8-14-28-62(50)77)35-39-59(67)71-57-25-5-6-26-58(57)72-60-40-36-46(42-68(60)76(3,4)74(72)73(71)75)48-34-38-56-54-24-12-18-32-66(54)78(70(56)44-48)63-29-15-9-21-51(63)52-22-10-16-30-64(52)78/h5-44H,1-4H3.